The average Bonchev–Trinajstić information content (AvgIpc) is 3.53. The van der Waals surface area contributed by atoms with Crippen molar-refractivity contribution in [3.8, 4) is 40.3 Å². The number of ether oxygens (including phenoxy) is 2. The van der Waals surface area contributed by atoms with Crippen LogP contribution in [0.4, 0.5) is 0 Å². The smallest absolute Gasteiger partial charge is 0.217 e. The fourth-order valence-corrected chi connectivity index (χ4v) is 3.89. The fraction of sp³-hybridized carbons (Fsp3) is 0.214. The largest absolute Gasteiger partial charge is 0.493 e. The molecule has 2 N–H and O–H groups in total. The summed E-state index contributed by atoms with van der Waals surface area (Å²) >= 11 is 0. The molecule has 8 nitrogen and oxygen atoms in total. The maximum atomic E-state index is 8.65. The van der Waals surface area contributed by atoms with Crippen LogP contribution in [0.25, 0.3) is 49.7 Å². The number of aromatic amines is 2. The van der Waals surface area contributed by atoms with E-state index in [1.807, 2.05) is 60.7 Å². The minimum absolute atomic E-state index is 0.472. The van der Waals surface area contributed by atoms with E-state index >= 15 is 0 Å². The van der Waals surface area contributed by atoms with Gasteiger partial charge >= 0.3 is 0 Å². The molecule has 5 aromatic rings. The monoisotopic (exact) mass is 476 g/mol. The van der Waals surface area contributed by atoms with Crippen LogP contribution in [0.2, 0.25) is 0 Å². The van der Waals surface area contributed by atoms with Crippen molar-refractivity contribution >= 4 is 22.1 Å². The highest BCUT2D eigenvalue weighted by Gasteiger charge is 2.10. The molecular weight excluding hydrogens is 452 g/mol. The second-order valence-electron chi connectivity index (χ2n) is 8.30. The summed E-state index contributed by atoms with van der Waals surface area (Å²) in [5, 5.41) is 8.65. The molecule has 5 rings (SSSR count). The average molecular weight is 477 g/mol. The Labute approximate surface area is 208 Å². The summed E-state index contributed by atoms with van der Waals surface area (Å²) < 4.78 is 11.5. The summed E-state index contributed by atoms with van der Waals surface area (Å²) in [6, 6.07) is 21.7. The summed E-state index contributed by atoms with van der Waals surface area (Å²) in [5.74, 6) is 3.08. The Bertz CT molecular complexity index is 1450. The molecule has 0 aliphatic heterocycles. The van der Waals surface area contributed by atoms with E-state index in [1.165, 1.54) is 0 Å². The lowest BCUT2D eigenvalue weighted by Gasteiger charge is -2.03. The number of hydrogen-bond donors (Lipinski definition) is 2. The van der Waals surface area contributed by atoms with Gasteiger partial charge in [-0.05, 0) is 30.7 Å². The third-order valence-electron chi connectivity index (χ3n) is 5.72. The minimum atomic E-state index is 0.472. The number of fused-ring (bicyclic) bond motifs is 2. The van der Waals surface area contributed by atoms with Gasteiger partial charge in [0.1, 0.15) is 23.1 Å². The van der Waals surface area contributed by atoms with Gasteiger partial charge in [-0.25, -0.2) is 16.5 Å². The van der Waals surface area contributed by atoms with E-state index < -0.39 is 0 Å². The molecule has 0 amide bonds. The van der Waals surface area contributed by atoms with Gasteiger partial charge in [-0.15, -0.1) is 0 Å². The molecule has 0 spiro atoms. The van der Waals surface area contributed by atoms with Crippen LogP contribution in [0.3, 0.4) is 0 Å². The number of aromatic nitrogens is 4. The quantitative estimate of drug-likeness (QED) is 0.186. The first-order valence-corrected chi connectivity index (χ1v) is 11.8. The molecule has 0 unspecified atom stereocenters. The highest BCUT2D eigenvalue weighted by atomic mass is 16.5. The van der Waals surface area contributed by atoms with Crippen LogP contribution in [-0.4, -0.2) is 39.7 Å². The molecule has 0 bridgehead atoms. The van der Waals surface area contributed by atoms with Gasteiger partial charge in [-0.2, -0.15) is 5.26 Å². The SMILES string of the molecule is [C-]#[N+]CCCOc1ccc2nc(-c3ccc(-c4nc5ccc(OCCCC#N)cc5[nH]4)cc3)[nH]c2c1. The van der Waals surface area contributed by atoms with Crippen LogP contribution in [0, 0.1) is 17.9 Å². The molecule has 0 radical (unpaired) electrons. The molecule has 178 valence electrons. The number of hydrogen-bond acceptors (Lipinski definition) is 5. The van der Waals surface area contributed by atoms with E-state index in [-0.39, 0.29) is 0 Å². The van der Waals surface area contributed by atoms with Gasteiger partial charge in [0.05, 0.1) is 47.8 Å². The Morgan fingerprint density at radius 3 is 1.81 bits per heavy atom. The molecule has 0 saturated carbocycles. The van der Waals surface area contributed by atoms with Crippen LogP contribution in [-0.2, 0) is 0 Å². The van der Waals surface area contributed by atoms with E-state index in [9.17, 15) is 0 Å². The van der Waals surface area contributed by atoms with Crippen LogP contribution in [0.1, 0.15) is 19.3 Å². The predicted molar refractivity (Wildman–Crippen MR) is 139 cm³/mol. The molecule has 0 fully saturated rings. The van der Waals surface area contributed by atoms with E-state index in [0.29, 0.717) is 39.0 Å². The van der Waals surface area contributed by atoms with E-state index in [4.69, 9.17) is 31.3 Å². The number of unbranched alkanes of at least 4 members (excludes halogenated alkanes) is 1. The Morgan fingerprint density at radius 2 is 1.31 bits per heavy atom. The van der Waals surface area contributed by atoms with Gasteiger partial charge in [0.2, 0.25) is 6.54 Å². The molecule has 2 aromatic heterocycles. The molecule has 36 heavy (non-hydrogen) atoms. The highest BCUT2D eigenvalue weighted by Crippen LogP contribution is 2.28. The number of nitrogens with zero attached hydrogens (tertiary/aromatic N) is 4. The number of imidazole rings is 2. The van der Waals surface area contributed by atoms with Gasteiger partial charge in [0, 0.05) is 29.7 Å². The lowest BCUT2D eigenvalue weighted by molar-refractivity contribution is 0.313. The summed E-state index contributed by atoms with van der Waals surface area (Å²) in [4.78, 5) is 19.5. The van der Waals surface area contributed by atoms with E-state index in [0.717, 1.165) is 56.3 Å². The Morgan fingerprint density at radius 1 is 0.778 bits per heavy atom. The molecule has 0 aliphatic carbocycles. The summed E-state index contributed by atoms with van der Waals surface area (Å²) in [6.45, 7) is 8.35. The van der Waals surface area contributed by atoms with Gasteiger partial charge < -0.3 is 24.3 Å². The molecule has 0 saturated heterocycles. The van der Waals surface area contributed by atoms with Crippen molar-refractivity contribution in [3.05, 3.63) is 72.1 Å². The molecule has 3 aromatic carbocycles. The summed E-state index contributed by atoms with van der Waals surface area (Å²) in [6.07, 6.45) is 1.91. The topological polar surface area (TPSA) is 104 Å². The summed E-state index contributed by atoms with van der Waals surface area (Å²) in [5.41, 5.74) is 5.47. The van der Waals surface area contributed by atoms with Gasteiger partial charge in [0.25, 0.3) is 0 Å². The molecule has 2 heterocycles. The van der Waals surface area contributed by atoms with Crippen LogP contribution < -0.4 is 9.47 Å². The number of rotatable bonds is 10. The van der Waals surface area contributed by atoms with Crippen molar-refractivity contribution in [3.63, 3.8) is 0 Å². The zero-order valence-electron chi connectivity index (χ0n) is 19.6. The first-order chi connectivity index (χ1) is 17.7. The van der Waals surface area contributed by atoms with Gasteiger partial charge in [-0.1, -0.05) is 24.3 Å². The van der Waals surface area contributed by atoms with Crippen molar-refractivity contribution in [2.45, 2.75) is 19.3 Å². The third kappa shape index (κ3) is 5.13. The van der Waals surface area contributed by atoms with Crippen LogP contribution >= 0.6 is 0 Å². The van der Waals surface area contributed by atoms with Crippen molar-refractivity contribution in [2.24, 2.45) is 0 Å². The lowest BCUT2D eigenvalue weighted by atomic mass is 10.1. The number of nitrogens with one attached hydrogen (secondary N) is 2. The Kier molecular flexibility index (Phi) is 6.77. The maximum Gasteiger partial charge on any atom is 0.217 e. The number of nitriles is 1. The molecule has 0 atom stereocenters. The van der Waals surface area contributed by atoms with Crippen LogP contribution in [0.15, 0.2) is 60.7 Å². The second kappa shape index (κ2) is 10.6. The van der Waals surface area contributed by atoms with E-state index in [2.05, 4.69) is 20.9 Å². The Balaban J connectivity index is 1.30. The molecular formula is C28H24N6O2. The highest BCUT2D eigenvalue weighted by molar-refractivity contribution is 5.82. The molecule has 0 aliphatic rings. The normalized spacial score (nSPS) is 10.8. The zero-order valence-corrected chi connectivity index (χ0v) is 19.6. The number of benzene rings is 3. The predicted octanol–water partition coefficient (Wildman–Crippen LogP) is 6.14. The van der Waals surface area contributed by atoms with Gasteiger partial charge in [0.15, 0.2) is 0 Å². The zero-order chi connectivity index (χ0) is 24.7. The van der Waals surface area contributed by atoms with Crippen molar-refractivity contribution < 1.29 is 9.47 Å². The van der Waals surface area contributed by atoms with Crippen molar-refractivity contribution in [1.29, 1.82) is 5.26 Å². The fourth-order valence-electron chi connectivity index (χ4n) is 3.89. The first kappa shape index (κ1) is 22.9. The molecule has 8 heteroatoms. The van der Waals surface area contributed by atoms with Gasteiger partial charge in [-0.3, -0.25) is 0 Å². The summed E-state index contributed by atoms with van der Waals surface area (Å²) in [7, 11) is 0. The number of H-pyrrole nitrogens is 2. The van der Waals surface area contributed by atoms with Crippen LogP contribution in [0.5, 0.6) is 11.5 Å². The Hall–Kier alpha value is -4.82. The standard InChI is InChI=1S/C28H24N6O2/c1-30-14-4-16-36-22-10-12-24-26(18-22)34-28(32-24)20-7-5-19(6-8-20)27-31-23-11-9-21(17-25(23)33-27)35-15-3-2-13-29/h5-12,17-18H,2-4,14-16H2,(H,31,33)(H,32,34). The third-order valence-corrected chi connectivity index (χ3v) is 5.72. The van der Waals surface area contributed by atoms with Crippen molar-refractivity contribution in [1.82, 2.24) is 19.9 Å². The lowest BCUT2D eigenvalue weighted by Crippen LogP contribution is -1.98. The first-order valence-electron chi connectivity index (χ1n) is 11.8. The second-order valence-corrected chi connectivity index (χ2v) is 8.30. The minimum Gasteiger partial charge on any atom is -0.493 e. The van der Waals surface area contributed by atoms with E-state index in [1.54, 1.807) is 0 Å². The van der Waals surface area contributed by atoms with Crippen molar-refractivity contribution in [2.75, 3.05) is 19.8 Å². The maximum absolute atomic E-state index is 8.65.